The van der Waals surface area contributed by atoms with Gasteiger partial charge in [-0.2, -0.15) is 0 Å². The summed E-state index contributed by atoms with van der Waals surface area (Å²) in [5.74, 6) is 7.05. The normalized spacial score (nSPS) is 24.1. The Bertz CT molecular complexity index is 601. The molecular weight excluding hydrogens is 274 g/mol. The van der Waals surface area contributed by atoms with Crippen LogP contribution in [-0.2, 0) is 11.3 Å². The van der Waals surface area contributed by atoms with Crippen LogP contribution in [0.15, 0.2) is 11.4 Å². The highest BCUT2D eigenvalue weighted by Gasteiger charge is 2.24. The molecule has 20 heavy (non-hydrogen) atoms. The Morgan fingerprint density at radius 1 is 1.50 bits per heavy atom. The molecule has 2 unspecified atom stereocenters. The Kier molecular flexibility index (Phi) is 3.84. The molecule has 0 saturated carbocycles. The lowest BCUT2D eigenvalue weighted by Gasteiger charge is -2.36. The van der Waals surface area contributed by atoms with Crippen LogP contribution in [0.25, 0.3) is 10.2 Å². The number of aromatic nitrogens is 2. The van der Waals surface area contributed by atoms with Crippen molar-refractivity contribution in [3.8, 4) is 0 Å². The zero-order chi connectivity index (χ0) is 14.1. The molecular formula is C13H19N5OS. The Balaban J connectivity index is 1.86. The number of hydrogen-bond donors (Lipinski definition) is 2. The minimum atomic E-state index is 0.253. The SMILES string of the molecule is CC1CN(Cc2nc(NN)c3ccsc3n2)C(C)CO1. The van der Waals surface area contributed by atoms with Gasteiger partial charge in [-0.25, -0.2) is 15.8 Å². The summed E-state index contributed by atoms with van der Waals surface area (Å²) in [5.41, 5.74) is 2.67. The number of hydrogen-bond acceptors (Lipinski definition) is 7. The minimum absolute atomic E-state index is 0.253. The van der Waals surface area contributed by atoms with E-state index in [0.717, 1.165) is 35.7 Å². The first-order valence-electron chi connectivity index (χ1n) is 6.73. The largest absolute Gasteiger partial charge is 0.376 e. The number of fused-ring (bicyclic) bond motifs is 1. The van der Waals surface area contributed by atoms with E-state index in [1.807, 2.05) is 11.4 Å². The Labute approximate surface area is 121 Å². The topological polar surface area (TPSA) is 76.3 Å². The summed E-state index contributed by atoms with van der Waals surface area (Å²) in [7, 11) is 0. The number of morpholine rings is 1. The third-order valence-corrected chi connectivity index (χ3v) is 4.40. The third kappa shape index (κ3) is 2.62. The number of ether oxygens (including phenoxy) is 1. The molecule has 3 N–H and O–H groups in total. The van der Waals surface area contributed by atoms with Crippen LogP contribution in [0.1, 0.15) is 19.7 Å². The second kappa shape index (κ2) is 5.61. The smallest absolute Gasteiger partial charge is 0.152 e. The van der Waals surface area contributed by atoms with Crippen LogP contribution < -0.4 is 11.3 Å². The van der Waals surface area contributed by atoms with Gasteiger partial charge in [0.15, 0.2) is 5.82 Å². The van der Waals surface area contributed by atoms with Crippen LogP contribution in [0, 0.1) is 0 Å². The van der Waals surface area contributed by atoms with Crippen molar-refractivity contribution in [3.63, 3.8) is 0 Å². The van der Waals surface area contributed by atoms with Gasteiger partial charge >= 0.3 is 0 Å². The molecule has 0 amide bonds. The molecule has 0 aliphatic carbocycles. The Morgan fingerprint density at radius 2 is 2.35 bits per heavy atom. The van der Waals surface area contributed by atoms with Gasteiger partial charge in [0.1, 0.15) is 10.7 Å². The lowest BCUT2D eigenvalue weighted by atomic mass is 10.2. The maximum atomic E-state index is 5.65. The molecule has 1 aliphatic heterocycles. The van der Waals surface area contributed by atoms with Crippen LogP contribution in [-0.4, -0.2) is 40.2 Å². The second-order valence-electron chi connectivity index (χ2n) is 5.19. The van der Waals surface area contributed by atoms with E-state index >= 15 is 0 Å². The summed E-state index contributed by atoms with van der Waals surface area (Å²) in [4.78, 5) is 12.5. The molecule has 3 heterocycles. The van der Waals surface area contributed by atoms with E-state index in [9.17, 15) is 0 Å². The van der Waals surface area contributed by atoms with Gasteiger partial charge in [-0.1, -0.05) is 0 Å². The van der Waals surface area contributed by atoms with E-state index in [1.165, 1.54) is 0 Å². The van der Waals surface area contributed by atoms with Crippen LogP contribution in [0.4, 0.5) is 5.82 Å². The summed E-state index contributed by atoms with van der Waals surface area (Å²) >= 11 is 1.60. The molecule has 3 rings (SSSR count). The van der Waals surface area contributed by atoms with Crippen molar-refractivity contribution in [3.05, 3.63) is 17.3 Å². The molecule has 0 spiro atoms. The second-order valence-corrected chi connectivity index (χ2v) is 6.09. The fourth-order valence-corrected chi connectivity index (χ4v) is 3.24. The van der Waals surface area contributed by atoms with Crippen LogP contribution in [0.3, 0.4) is 0 Å². The molecule has 1 saturated heterocycles. The summed E-state index contributed by atoms with van der Waals surface area (Å²) in [6, 6.07) is 2.36. The standard InChI is InChI=1S/C13H19N5OS/c1-8-7-19-9(2)5-18(8)6-11-15-12(17-14)10-3-4-20-13(10)16-11/h3-4,8-9H,5-7,14H2,1-2H3,(H,15,16,17). The molecule has 7 heteroatoms. The summed E-state index contributed by atoms with van der Waals surface area (Å²) in [6.07, 6.45) is 0.253. The molecule has 1 aliphatic rings. The van der Waals surface area contributed by atoms with Crippen molar-refractivity contribution in [1.82, 2.24) is 14.9 Å². The number of nitrogens with two attached hydrogens (primary N) is 1. The van der Waals surface area contributed by atoms with E-state index in [2.05, 4.69) is 34.1 Å². The average molecular weight is 293 g/mol. The highest BCUT2D eigenvalue weighted by molar-refractivity contribution is 7.16. The maximum Gasteiger partial charge on any atom is 0.152 e. The lowest BCUT2D eigenvalue weighted by Crippen LogP contribution is -2.46. The Hall–Kier alpha value is -1.28. The molecule has 108 valence electrons. The zero-order valence-corrected chi connectivity index (χ0v) is 12.5. The van der Waals surface area contributed by atoms with Gasteiger partial charge < -0.3 is 10.2 Å². The van der Waals surface area contributed by atoms with E-state index in [4.69, 9.17) is 10.6 Å². The van der Waals surface area contributed by atoms with Crippen LogP contribution in [0.5, 0.6) is 0 Å². The first-order chi connectivity index (χ1) is 9.67. The molecule has 2 aromatic heterocycles. The summed E-state index contributed by atoms with van der Waals surface area (Å²) < 4.78 is 5.65. The number of nitrogens with one attached hydrogen (secondary N) is 1. The fraction of sp³-hybridized carbons (Fsp3) is 0.538. The van der Waals surface area contributed by atoms with Crippen molar-refractivity contribution in [2.75, 3.05) is 18.6 Å². The van der Waals surface area contributed by atoms with Crippen molar-refractivity contribution < 1.29 is 4.74 Å². The summed E-state index contributed by atoms with van der Waals surface area (Å²) in [5, 5.41) is 2.98. The first kappa shape index (κ1) is 13.7. The van der Waals surface area contributed by atoms with Gasteiger partial charge in [0.05, 0.1) is 24.6 Å². The minimum Gasteiger partial charge on any atom is -0.376 e. The lowest BCUT2D eigenvalue weighted by molar-refractivity contribution is -0.0534. The highest BCUT2D eigenvalue weighted by Crippen LogP contribution is 2.25. The quantitative estimate of drug-likeness (QED) is 0.661. The molecule has 2 atom stereocenters. The van der Waals surface area contributed by atoms with Gasteiger partial charge in [-0.15, -0.1) is 11.3 Å². The highest BCUT2D eigenvalue weighted by atomic mass is 32.1. The Morgan fingerprint density at radius 3 is 3.15 bits per heavy atom. The molecule has 2 aromatic rings. The molecule has 0 aromatic carbocycles. The zero-order valence-electron chi connectivity index (χ0n) is 11.7. The van der Waals surface area contributed by atoms with Crippen molar-refractivity contribution in [1.29, 1.82) is 0 Å². The van der Waals surface area contributed by atoms with E-state index < -0.39 is 0 Å². The van der Waals surface area contributed by atoms with Crippen molar-refractivity contribution >= 4 is 27.4 Å². The van der Waals surface area contributed by atoms with Gasteiger partial charge in [-0.05, 0) is 25.3 Å². The molecule has 0 bridgehead atoms. The number of thiophene rings is 1. The molecule has 1 fully saturated rings. The van der Waals surface area contributed by atoms with Gasteiger partial charge in [0.2, 0.25) is 0 Å². The van der Waals surface area contributed by atoms with Crippen LogP contribution in [0.2, 0.25) is 0 Å². The first-order valence-corrected chi connectivity index (χ1v) is 7.61. The number of anilines is 1. The van der Waals surface area contributed by atoms with Crippen LogP contribution >= 0.6 is 11.3 Å². The number of nitrogen functional groups attached to an aromatic ring is 1. The predicted molar refractivity (Wildman–Crippen MR) is 80.5 cm³/mol. The maximum absolute atomic E-state index is 5.65. The van der Waals surface area contributed by atoms with Gasteiger partial charge in [0.25, 0.3) is 0 Å². The average Bonchev–Trinajstić information content (AvgIpc) is 2.90. The van der Waals surface area contributed by atoms with E-state index in [1.54, 1.807) is 11.3 Å². The predicted octanol–water partition coefficient (Wildman–Crippen LogP) is 1.59. The number of rotatable bonds is 3. The van der Waals surface area contributed by atoms with E-state index in [-0.39, 0.29) is 6.10 Å². The molecule has 0 radical (unpaired) electrons. The van der Waals surface area contributed by atoms with Crippen molar-refractivity contribution in [2.45, 2.75) is 32.5 Å². The third-order valence-electron chi connectivity index (χ3n) is 3.59. The van der Waals surface area contributed by atoms with E-state index in [0.29, 0.717) is 11.9 Å². The number of hydrazine groups is 1. The summed E-state index contributed by atoms with van der Waals surface area (Å²) in [6.45, 7) is 6.63. The van der Waals surface area contributed by atoms with Crippen molar-refractivity contribution in [2.24, 2.45) is 5.84 Å². The number of nitrogens with zero attached hydrogens (tertiary/aromatic N) is 3. The van der Waals surface area contributed by atoms with Gasteiger partial charge in [0, 0.05) is 12.6 Å². The fourth-order valence-electron chi connectivity index (χ4n) is 2.45. The molecule has 6 nitrogen and oxygen atoms in total. The van der Waals surface area contributed by atoms with Gasteiger partial charge in [-0.3, -0.25) is 4.90 Å². The monoisotopic (exact) mass is 293 g/mol.